The average molecular weight is 1020 g/mol. The number of pyridine rings is 1. The smallest absolute Gasteiger partial charge is 0.408 e. The largest absolute Gasteiger partial charge is 0.504 e. The number of aliphatic hydroxyl groups excluding tert-OH is 1. The van der Waals surface area contributed by atoms with Crippen molar-refractivity contribution >= 4 is 44.7 Å². The van der Waals surface area contributed by atoms with Gasteiger partial charge in [0.25, 0.3) is 5.91 Å². The number of carbonyl (C=O) groups excluding carboxylic acids is 4. The lowest BCUT2D eigenvalue weighted by molar-refractivity contribution is -0.142. The highest BCUT2D eigenvalue weighted by Crippen LogP contribution is 2.48. The molecular weight excluding hydrogens is 945 g/mol. The van der Waals surface area contributed by atoms with Crippen LogP contribution in [0.4, 0.5) is 4.79 Å². The molecule has 6 N–H and O–H groups in total. The summed E-state index contributed by atoms with van der Waals surface area (Å²) in [7, 11) is -4.05. The number of benzene rings is 2. The number of para-hydroxylation sites is 1. The lowest BCUT2D eigenvalue weighted by atomic mass is 9.85. The average Bonchev–Trinajstić information content (AvgIpc) is 4.29. The molecule has 0 radical (unpaired) electrons. The molecule has 5 aliphatic rings. The van der Waals surface area contributed by atoms with E-state index in [4.69, 9.17) is 19.2 Å². The highest BCUT2D eigenvalue weighted by Gasteiger charge is 2.63. The molecule has 1 saturated heterocycles. The van der Waals surface area contributed by atoms with Gasteiger partial charge < -0.3 is 45.1 Å². The number of amides is 4. The van der Waals surface area contributed by atoms with Gasteiger partial charge in [-0.15, -0.1) is 6.58 Å². The van der Waals surface area contributed by atoms with Crippen LogP contribution in [0.25, 0.3) is 10.9 Å². The first kappa shape index (κ1) is 52.7. The molecule has 1 aromatic heterocycles. The second-order valence-electron chi connectivity index (χ2n) is 22.2. The van der Waals surface area contributed by atoms with Crippen molar-refractivity contribution < 1.29 is 57.1 Å². The van der Waals surface area contributed by atoms with E-state index < -0.39 is 79.7 Å². The molecule has 8 rings (SSSR count). The third kappa shape index (κ3) is 11.4. The van der Waals surface area contributed by atoms with E-state index in [1.54, 1.807) is 33.8 Å². The highest BCUT2D eigenvalue weighted by molar-refractivity contribution is 7.91. The fourth-order valence-electron chi connectivity index (χ4n) is 10.1. The normalized spacial score (nSPS) is 26.7. The zero-order valence-corrected chi connectivity index (χ0v) is 43.1. The summed E-state index contributed by atoms with van der Waals surface area (Å²) in [6.07, 6.45) is 4.90. The van der Waals surface area contributed by atoms with Crippen LogP contribution >= 0.6 is 0 Å². The maximum absolute atomic E-state index is 15.0. The fraction of sp³-hybridized carbons (Fsp3) is 0.604. The molecule has 3 aromatic rings. The van der Waals surface area contributed by atoms with E-state index in [-0.39, 0.29) is 55.5 Å². The van der Waals surface area contributed by atoms with E-state index in [1.807, 2.05) is 38.1 Å². The molecular formula is C53H72N6O12S. The number of carbonyl (C=O) groups is 4. The van der Waals surface area contributed by atoms with E-state index >= 15 is 0 Å². The summed E-state index contributed by atoms with van der Waals surface area (Å²) in [4.78, 5) is 65.7. The number of nitrogens with one attached hydrogen (secondary N) is 3. The minimum absolute atomic E-state index is 0.0275. The number of sulfonamides is 1. The van der Waals surface area contributed by atoms with Gasteiger partial charge in [-0.25, -0.2) is 18.2 Å². The van der Waals surface area contributed by atoms with Crippen LogP contribution in [0.5, 0.6) is 23.1 Å². The maximum Gasteiger partial charge on any atom is 0.408 e. The number of fused-ring (bicyclic) bond motifs is 5. The molecule has 2 bridgehead atoms. The summed E-state index contributed by atoms with van der Waals surface area (Å²) < 4.78 is 47.1. The first-order valence-corrected chi connectivity index (χ1v) is 27.0. The van der Waals surface area contributed by atoms with Gasteiger partial charge in [-0.1, -0.05) is 57.9 Å². The van der Waals surface area contributed by atoms with Gasteiger partial charge in [0.15, 0.2) is 11.5 Å². The molecule has 392 valence electrons. The molecule has 19 heteroatoms. The zero-order chi connectivity index (χ0) is 51.9. The van der Waals surface area contributed by atoms with Gasteiger partial charge in [0.05, 0.1) is 35.1 Å². The van der Waals surface area contributed by atoms with Gasteiger partial charge in [-0.05, 0) is 113 Å². The second kappa shape index (κ2) is 20.7. The van der Waals surface area contributed by atoms with E-state index in [1.165, 1.54) is 23.1 Å². The van der Waals surface area contributed by atoms with Crippen LogP contribution in [0.15, 0.2) is 55.1 Å². The molecule has 72 heavy (non-hydrogen) atoms. The minimum Gasteiger partial charge on any atom is -0.504 e. The van der Waals surface area contributed by atoms with Gasteiger partial charge in [0.1, 0.15) is 35.6 Å². The predicted molar refractivity (Wildman–Crippen MR) is 269 cm³/mol. The van der Waals surface area contributed by atoms with Gasteiger partial charge in [0.2, 0.25) is 27.7 Å². The van der Waals surface area contributed by atoms with Crippen molar-refractivity contribution in [3.63, 3.8) is 0 Å². The lowest BCUT2D eigenvalue weighted by Crippen LogP contribution is -2.60. The van der Waals surface area contributed by atoms with Gasteiger partial charge >= 0.3 is 6.09 Å². The number of phenolic OH excluding ortho intramolecular Hbond substituents is 2. The van der Waals surface area contributed by atoms with Crippen LogP contribution in [-0.4, -0.2) is 129 Å². The summed E-state index contributed by atoms with van der Waals surface area (Å²) in [5.41, 5.74) is -0.633. The molecule has 0 spiro atoms. The van der Waals surface area contributed by atoms with E-state index in [0.29, 0.717) is 61.5 Å². The Morgan fingerprint density at radius 2 is 1.82 bits per heavy atom. The Kier molecular flexibility index (Phi) is 15.1. The Balaban J connectivity index is 1.09. The first-order valence-electron chi connectivity index (χ1n) is 25.5. The van der Waals surface area contributed by atoms with Crippen LogP contribution < -0.4 is 24.8 Å². The Bertz CT molecular complexity index is 2670. The van der Waals surface area contributed by atoms with Crippen LogP contribution in [-0.2, 0) is 35.6 Å². The molecule has 3 aliphatic carbocycles. The summed E-state index contributed by atoms with van der Waals surface area (Å²) in [6, 6.07) is 9.62. The Morgan fingerprint density at radius 3 is 2.50 bits per heavy atom. The van der Waals surface area contributed by atoms with E-state index in [2.05, 4.69) is 26.8 Å². The number of nitrogens with zero attached hydrogens (tertiary/aromatic N) is 3. The Hall–Kier alpha value is -5.66. The monoisotopic (exact) mass is 1020 g/mol. The van der Waals surface area contributed by atoms with Crippen LogP contribution in [0.2, 0.25) is 0 Å². The van der Waals surface area contributed by atoms with Crippen molar-refractivity contribution in [2.75, 3.05) is 26.2 Å². The Morgan fingerprint density at radius 1 is 1.07 bits per heavy atom. The molecule has 3 heterocycles. The van der Waals surface area contributed by atoms with Crippen LogP contribution in [0, 0.1) is 17.3 Å². The zero-order valence-electron chi connectivity index (χ0n) is 42.3. The molecule has 2 aromatic carbocycles. The highest BCUT2D eigenvalue weighted by atomic mass is 32.2. The number of alkyl carbamates (subject to hydrolysis) is 1. The quantitative estimate of drug-likeness (QED) is 0.0589. The number of hydrogen-bond donors (Lipinski definition) is 6. The fourth-order valence-corrected chi connectivity index (χ4v) is 11.4. The number of aromatic hydroxyl groups is 2. The van der Waals surface area contributed by atoms with Crippen molar-refractivity contribution in [2.24, 2.45) is 17.3 Å². The number of aliphatic hydroxyl groups is 1. The van der Waals surface area contributed by atoms with Crippen molar-refractivity contribution in [1.29, 1.82) is 0 Å². The van der Waals surface area contributed by atoms with Crippen molar-refractivity contribution in [3.05, 3.63) is 66.2 Å². The first-order chi connectivity index (χ1) is 34.0. The second-order valence-corrected chi connectivity index (χ2v) is 24.3. The third-order valence-electron chi connectivity index (χ3n) is 15.3. The van der Waals surface area contributed by atoms with Gasteiger partial charge in [0, 0.05) is 36.9 Å². The topological polar surface area (TPSA) is 246 Å². The minimum atomic E-state index is -4.05. The summed E-state index contributed by atoms with van der Waals surface area (Å²) in [6.45, 7) is 16.0. The van der Waals surface area contributed by atoms with Crippen molar-refractivity contribution in [3.8, 4) is 23.1 Å². The Labute approximate surface area is 422 Å². The number of phenols is 2. The van der Waals surface area contributed by atoms with Gasteiger partial charge in [-0.3, -0.25) is 24.0 Å². The molecule has 4 fully saturated rings. The molecule has 18 nitrogen and oxygen atoms in total. The summed E-state index contributed by atoms with van der Waals surface area (Å²) in [5, 5.41) is 37.4. The molecule has 8 atom stereocenters. The van der Waals surface area contributed by atoms with Crippen molar-refractivity contribution in [1.82, 2.24) is 30.1 Å². The van der Waals surface area contributed by atoms with E-state index in [0.717, 1.165) is 43.1 Å². The molecule has 1 unspecified atom stereocenters. The number of hydrogen-bond acceptors (Lipinski definition) is 14. The molecule has 3 saturated carbocycles. The number of ether oxygens (including phenoxy) is 3. The number of rotatable bonds is 15. The molecule has 4 amide bonds. The van der Waals surface area contributed by atoms with E-state index in [9.17, 15) is 42.9 Å². The molecule has 2 aliphatic heterocycles. The van der Waals surface area contributed by atoms with Crippen LogP contribution in [0.1, 0.15) is 123 Å². The van der Waals surface area contributed by atoms with Gasteiger partial charge in [-0.2, -0.15) is 0 Å². The summed E-state index contributed by atoms with van der Waals surface area (Å²) in [5.74, 6) is -2.15. The lowest BCUT2D eigenvalue weighted by Gasteiger charge is -2.35. The standard InChI is InChI=1S/C53H72N6O12S/c1-8-34-28-53(34,49(65)57-72(67,68)52(7)21-22-52)56-46(63)39-27-35-29-59(39)48(64)45(51(4,5)6)55-50(66)71-43-26-33(43)15-10-9-11-17-37-44(36-16-12-13-18-38(36)54-47(37)70-35)69-24-14-23-58(31(2)3)30-42(62)32-19-20-40(60)41(61)25-32/h8,12-13,16,18-20,25,31,33-35,39,42-43,45,60-62H,1,9-11,14-15,17,21-24,26-30H2,2-7H3,(H,55,66)(H,56,63)(H,57,65)/t33-,34-,35-,39+,42?,43-,45-,53-/m1/s1. The third-order valence-corrected chi connectivity index (χ3v) is 17.4. The van der Waals surface area contributed by atoms with Crippen molar-refractivity contribution in [2.45, 2.75) is 159 Å². The predicted octanol–water partition coefficient (Wildman–Crippen LogP) is 5.91. The summed E-state index contributed by atoms with van der Waals surface area (Å²) >= 11 is 0. The van der Waals surface area contributed by atoms with Crippen LogP contribution in [0.3, 0.4) is 0 Å². The number of aromatic nitrogens is 1. The maximum atomic E-state index is 15.0. The SMILES string of the molecule is C=C[C@@H]1C[C@]1(NC(=O)[C@@H]1C[C@@H]2CN1C(=O)[C@H](C(C)(C)C)NC(=O)O[C@@H]1C[C@H]1CCCCCc1c(nc3ccccc3c1OCCCN(CC(O)c1ccc(O)c(O)c1)C(C)C)O2)C(=O)NS(=O)(=O)C1(C)CC1.